The van der Waals surface area contributed by atoms with Crippen LogP contribution < -0.4 is 10.0 Å². The van der Waals surface area contributed by atoms with Crippen molar-refractivity contribution in [3.8, 4) is 0 Å². The number of aryl methyl sites for hydroxylation is 2. The summed E-state index contributed by atoms with van der Waals surface area (Å²) in [5, 5.41) is 3.14. The largest absolute Gasteiger partial charge is 0.345 e. The van der Waals surface area contributed by atoms with Gasteiger partial charge in [0, 0.05) is 5.69 Å². The number of carbonyl (C=O) groups excluding carboxylic acids is 1. The second kappa shape index (κ2) is 8.90. The number of rotatable bonds is 6. The lowest BCUT2D eigenvalue weighted by atomic mass is 10.1. The summed E-state index contributed by atoms with van der Waals surface area (Å²) in [5.74, 6) is -0.385. The highest BCUT2D eigenvalue weighted by molar-refractivity contribution is 7.92. The Balaban J connectivity index is 1.79. The predicted molar refractivity (Wildman–Crippen MR) is 120 cm³/mol. The summed E-state index contributed by atoms with van der Waals surface area (Å²) >= 11 is 6.21. The van der Waals surface area contributed by atoms with Gasteiger partial charge >= 0.3 is 0 Å². The first-order valence-electron chi connectivity index (χ1n) is 9.42. The Hall–Kier alpha value is -2.83. The standard InChI is InChI=1S/C23H23ClN2O3S/c1-15-4-8-18(9-5-15)17(3)25-23(27)21-14-19(10-13-22(21)24)26-30(28,29)20-11-6-16(2)7-12-20/h4-14,17,26H,1-3H3,(H,25,27). The van der Waals surface area contributed by atoms with Crippen LogP contribution in [-0.4, -0.2) is 14.3 Å². The molecule has 0 saturated carbocycles. The molecule has 0 aliphatic carbocycles. The van der Waals surface area contributed by atoms with E-state index >= 15 is 0 Å². The summed E-state index contributed by atoms with van der Waals surface area (Å²) in [5.41, 5.74) is 3.50. The van der Waals surface area contributed by atoms with Crippen molar-refractivity contribution in [2.75, 3.05) is 4.72 Å². The molecule has 3 aromatic carbocycles. The third-order valence-corrected chi connectivity index (χ3v) is 6.45. The summed E-state index contributed by atoms with van der Waals surface area (Å²) in [6, 6.07) is 18.6. The zero-order chi connectivity index (χ0) is 21.9. The summed E-state index contributed by atoms with van der Waals surface area (Å²) in [6.45, 7) is 5.75. The average molecular weight is 443 g/mol. The Kier molecular flexibility index (Phi) is 6.48. The van der Waals surface area contributed by atoms with Crippen LogP contribution in [-0.2, 0) is 10.0 Å². The average Bonchev–Trinajstić information content (AvgIpc) is 2.70. The zero-order valence-electron chi connectivity index (χ0n) is 16.9. The van der Waals surface area contributed by atoms with Crippen LogP contribution in [0.25, 0.3) is 0 Å². The van der Waals surface area contributed by atoms with Gasteiger partial charge in [-0.25, -0.2) is 8.42 Å². The maximum atomic E-state index is 12.8. The molecular weight excluding hydrogens is 420 g/mol. The topological polar surface area (TPSA) is 75.3 Å². The molecule has 0 fully saturated rings. The molecule has 0 aliphatic rings. The first-order valence-corrected chi connectivity index (χ1v) is 11.3. The van der Waals surface area contributed by atoms with Crippen molar-refractivity contribution in [1.29, 1.82) is 0 Å². The lowest BCUT2D eigenvalue weighted by Crippen LogP contribution is -2.27. The van der Waals surface area contributed by atoms with Gasteiger partial charge < -0.3 is 5.32 Å². The molecule has 2 N–H and O–H groups in total. The molecule has 0 aromatic heterocycles. The molecule has 0 heterocycles. The highest BCUT2D eigenvalue weighted by atomic mass is 35.5. The number of sulfonamides is 1. The lowest BCUT2D eigenvalue weighted by molar-refractivity contribution is 0.0940. The Morgan fingerprint density at radius 2 is 1.47 bits per heavy atom. The van der Waals surface area contributed by atoms with Crippen molar-refractivity contribution in [3.05, 3.63) is 94.0 Å². The van der Waals surface area contributed by atoms with E-state index in [-0.39, 0.29) is 33.1 Å². The Morgan fingerprint density at radius 1 is 0.900 bits per heavy atom. The Bertz CT molecular complexity index is 1160. The molecule has 30 heavy (non-hydrogen) atoms. The number of benzene rings is 3. The fourth-order valence-electron chi connectivity index (χ4n) is 2.91. The maximum absolute atomic E-state index is 12.8. The number of nitrogens with one attached hydrogen (secondary N) is 2. The summed E-state index contributed by atoms with van der Waals surface area (Å²) in [6.07, 6.45) is 0. The van der Waals surface area contributed by atoms with Gasteiger partial charge in [-0.2, -0.15) is 0 Å². The Morgan fingerprint density at radius 3 is 2.07 bits per heavy atom. The summed E-state index contributed by atoms with van der Waals surface area (Å²) < 4.78 is 27.8. The van der Waals surface area contributed by atoms with Crippen LogP contribution in [0.4, 0.5) is 5.69 Å². The van der Waals surface area contributed by atoms with Crippen molar-refractivity contribution in [2.45, 2.75) is 31.7 Å². The van der Waals surface area contributed by atoms with Gasteiger partial charge in [0.15, 0.2) is 0 Å². The van der Waals surface area contributed by atoms with Gasteiger partial charge in [-0.1, -0.05) is 59.1 Å². The fraction of sp³-hybridized carbons (Fsp3) is 0.174. The van der Waals surface area contributed by atoms with E-state index in [0.29, 0.717) is 0 Å². The minimum Gasteiger partial charge on any atom is -0.345 e. The van der Waals surface area contributed by atoms with Crippen molar-refractivity contribution < 1.29 is 13.2 Å². The van der Waals surface area contributed by atoms with Gasteiger partial charge in [0.25, 0.3) is 15.9 Å². The van der Waals surface area contributed by atoms with Gasteiger partial charge in [0.05, 0.1) is 21.5 Å². The summed E-state index contributed by atoms with van der Waals surface area (Å²) in [4.78, 5) is 12.9. The van der Waals surface area contributed by atoms with Crippen LogP contribution in [0.15, 0.2) is 71.6 Å². The molecule has 0 bridgehead atoms. The molecular formula is C23H23ClN2O3S. The van der Waals surface area contributed by atoms with Crippen LogP contribution in [0.2, 0.25) is 5.02 Å². The number of anilines is 1. The monoisotopic (exact) mass is 442 g/mol. The van der Waals surface area contributed by atoms with E-state index in [1.807, 2.05) is 45.0 Å². The predicted octanol–water partition coefficient (Wildman–Crippen LogP) is 5.25. The number of hydrogen-bond donors (Lipinski definition) is 2. The highest BCUT2D eigenvalue weighted by Crippen LogP contribution is 2.24. The van der Waals surface area contributed by atoms with Crippen molar-refractivity contribution >= 4 is 33.2 Å². The number of halogens is 1. The number of carbonyl (C=O) groups is 1. The van der Waals surface area contributed by atoms with E-state index in [9.17, 15) is 13.2 Å². The van der Waals surface area contributed by atoms with Gasteiger partial charge in [-0.3, -0.25) is 9.52 Å². The van der Waals surface area contributed by atoms with Crippen LogP contribution in [0.5, 0.6) is 0 Å². The van der Waals surface area contributed by atoms with E-state index in [4.69, 9.17) is 11.6 Å². The number of amides is 1. The van der Waals surface area contributed by atoms with E-state index in [1.54, 1.807) is 12.1 Å². The summed E-state index contributed by atoms with van der Waals surface area (Å²) in [7, 11) is -3.78. The third-order valence-electron chi connectivity index (χ3n) is 4.72. The molecule has 0 saturated heterocycles. The van der Waals surface area contributed by atoms with Gasteiger partial charge in [-0.15, -0.1) is 0 Å². The molecule has 3 rings (SSSR count). The molecule has 0 spiro atoms. The lowest BCUT2D eigenvalue weighted by Gasteiger charge is -2.16. The van der Waals surface area contributed by atoms with Crippen molar-refractivity contribution in [3.63, 3.8) is 0 Å². The van der Waals surface area contributed by atoms with Crippen molar-refractivity contribution in [2.24, 2.45) is 0 Å². The highest BCUT2D eigenvalue weighted by Gasteiger charge is 2.18. The molecule has 0 aliphatic heterocycles. The second-order valence-corrected chi connectivity index (χ2v) is 9.31. The first-order chi connectivity index (χ1) is 14.2. The molecule has 5 nitrogen and oxygen atoms in total. The van der Waals surface area contributed by atoms with Crippen LogP contribution >= 0.6 is 11.6 Å². The first kappa shape index (κ1) is 21.9. The van der Waals surface area contributed by atoms with E-state index in [2.05, 4.69) is 10.0 Å². The van der Waals surface area contributed by atoms with Crippen LogP contribution in [0, 0.1) is 13.8 Å². The minimum atomic E-state index is -3.78. The van der Waals surface area contributed by atoms with E-state index in [1.165, 1.54) is 30.3 Å². The Labute approximate surface area is 182 Å². The molecule has 7 heteroatoms. The SMILES string of the molecule is Cc1ccc(C(C)NC(=O)c2cc(NS(=O)(=O)c3ccc(C)cc3)ccc2Cl)cc1. The fourth-order valence-corrected chi connectivity index (χ4v) is 4.16. The molecule has 156 valence electrons. The normalized spacial score (nSPS) is 12.3. The maximum Gasteiger partial charge on any atom is 0.261 e. The van der Waals surface area contributed by atoms with E-state index in [0.717, 1.165) is 16.7 Å². The zero-order valence-corrected chi connectivity index (χ0v) is 18.5. The second-order valence-electron chi connectivity index (χ2n) is 7.22. The third kappa shape index (κ3) is 5.20. The smallest absolute Gasteiger partial charge is 0.261 e. The number of hydrogen-bond acceptors (Lipinski definition) is 3. The van der Waals surface area contributed by atoms with Crippen LogP contribution in [0.1, 0.15) is 40.0 Å². The molecule has 3 aromatic rings. The van der Waals surface area contributed by atoms with Crippen LogP contribution in [0.3, 0.4) is 0 Å². The molecule has 1 atom stereocenters. The van der Waals surface area contributed by atoms with Crippen molar-refractivity contribution in [1.82, 2.24) is 5.32 Å². The van der Waals surface area contributed by atoms with Gasteiger partial charge in [0.1, 0.15) is 0 Å². The van der Waals surface area contributed by atoms with Gasteiger partial charge in [0.2, 0.25) is 0 Å². The minimum absolute atomic E-state index is 0.141. The van der Waals surface area contributed by atoms with Gasteiger partial charge in [-0.05, 0) is 56.7 Å². The molecule has 1 amide bonds. The molecule has 1 unspecified atom stereocenters. The molecule has 0 radical (unpaired) electrons. The van der Waals surface area contributed by atoms with E-state index < -0.39 is 10.0 Å². The quantitative estimate of drug-likeness (QED) is 0.547.